The lowest BCUT2D eigenvalue weighted by atomic mass is 9.92. The van der Waals surface area contributed by atoms with Crippen molar-refractivity contribution < 1.29 is 14.3 Å². The third kappa shape index (κ3) is 4.96. The minimum Gasteiger partial charge on any atom is -0.494 e. The summed E-state index contributed by atoms with van der Waals surface area (Å²) in [6, 6.07) is 7.29. The van der Waals surface area contributed by atoms with E-state index in [9.17, 15) is 10.1 Å². The molecule has 1 aliphatic rings. The Hall–Kier alpha value is -2.06. The number of ether oxygens (including phenoxy) is 2. The summed E-state index contributed by atoms with van der Waals surface area (Å²) in [5, 5.41) is 12.3. The van der Waals surface area contributed by atoms with Gasteiger partial charge in [0.25, 0.3) is 5.91 Å². The van der Waals surface area contributed by atoms with Crippen LogP contribution in [0.2, 0.25) is 0 Å². The maximum absolute atomic E-state index is 13.1. The molecule has 0 aromatic heterocycles. The molecule has 1 aliphatic carbocycles. The smallest absolute Gasteiger partial charge is 0.256 e. The molecular weight excluding hydrogens is 316 g/mol. The topological polar surface area (TPSA) is 71.3 Å². The number of rotatable bonds is 7. The first-order valence-electron chi connectivity index (χ1n) is 9.27. The highest BCUT2D eigenvalue weighted by Crippen LogP contribution is 2.33. The summed E-state index contributed by atoms with van der Waals surface area (Å²) in [7, 11) is 0. The van der Waals surface area contributed by atoms with Gasteiger partial charge < -0.3 is 14.8 Å². The fourth-order valence-electron chi connectivity index (χ4n) is 3.25. The van der Waals surface area contributed by atoms with E-state index in [2.05, 4.69) is 11.4 Å². The Kier molecular flexibility index (Phi) is 7.27. The van der Waals surface area contributed by atoms with Crippen LogP contribution in [0.15, 0.2) is 18.2 Å². The SMILES string of the molecule is CCCOC1(C(=O)Nc2ccc(OCC)cc2C#N)CCCCCC1. The van der Waals surface area contributed by atoms with Gasteiger partial charge in [-0.05, 0) is 44.4 Å². The van der Waals surface area contributed by atoms with Gasteiger partial charge in [-0.1, -0.05) is 32.6 Å². The molecule has 0 spiro atoms. The van der Waals surface area contributed by atoms with Gasteiger partial charge in [0.05, 0.1) is 17.9 Å². The lowest BCUT2D eigenvalue weighted by molar-refractivity contribution is -0.143. The predicted octanol–water partition coefficient (Wildman–Crippen LogP) is 4.42. The summed E-state index contributed by atoms with van der Waals surface area (Å²) in [5.74, 6) is 0.493. The van der Waals surface area contributed by atoms with E-state index in [4.69, 9.17) is 9.47 Å². The Morgan fingerprint density at radius 1 is 1.24 bits per heavy atom. The monoisotopic (exact) mass is 344 g/mol. The van der Waals surface area contributed by atoms with Crippen molar-refractivity contribution >= 4 is 11.6 Å². The fourth-order valence-corrected chi connectivity index (χ4v) is 3.25. The van der Waals surface area contributed by atoms with Crippen LogP contribution in [0.1, 0.15) is 64.4 Å². The molecule has 5 heteroatoms. The molecule has 1 amide bonds. The van der Waals surface area contributed by atoms with Gasteiger partial charge >= 0.3 is 0 Å². The number of hydrogen-bond acceptors (Lipinski definition) is 4. The lowest BCUT2D eigenvalue weighted by Crippen LogP contribution is -2.45. The quantitative estimate of drug-likeness (QED) is 0.744. The number of anilines is 1. The Balaban J connectivity index is 2.21. The minimum absolute atomic E-state index is 0.136. The van der Waals surface area contributed by atoms with Crippen LogP contribution >= 0.6 is 0 Å². The first kappa shape index (κ1) is 19.3. The van der Waals surface area contributed by atoms with Crippen LogP contribution in [0, 0.1) is 11.3 Å². The van der Waals surface area contributed by atoms with Crippen LogP contribution in [0.25, 0.3) is 0 Å². The van der Waals surface area contributed by atoms with Crippen molar-refractivity contribution in [1.29, 1.82) is 5.26 Å². The second-order valence-corrected chi connectivity index (χ2v) is 6.46. The van der Waals surface area contributed by atoms with Crippen molar-refractivity contribution in [2.75, 3.05) is 18.5 Å². The highest BCUT2D eigenvalue weighted by atomic mass is 16.5. The number of carbonyl (C=O) groups excluding carboxylic acids is 1. The Morgan fingerprint density at radius 2 is 1.96 bits per heavy atom. The van der Waals surface area contributed by atoms with Crippen LogP contribution in [-0.2, 0) is 9.53 Å². The van der Waals surface area contributed by atoms with Gasteiger partial charge in [-0.25, -0.2) is 0 Å². The molecule has 136 valence electrons. The van der Waals surface area contributed by atoms with E-state index in [1.54, 1.807) is 18.2 Å². The fraction of sp³-hybridized carbons (Fsp3) is 0.600. The van der Waals surface area contributed by atoms with Crippen LogP contribution in [0.5, 0.6) is 5.75 Å². The zero-order valence-electron chi connectivity index (χ0n) is 15.3. The Labute approximate surface area is 150 Å². The van der Waals surface area contributed by atoms with E-state index in [0.717, 1.165) is 44.9 Å². The van der Waals surface area contributed by atoms with Gasteiger partial charge in [-0.3, -0.25) is 4.79 Å². The Bertz CT molecular complexity index is 614. The van der Waals surface area contributed by atoms with Crippen LogP contribution in [0.4, 0.5) is 5.69 Å². The molecule has 25 heavy (non-hydrogen) atoms. The molecule has 0 heterocycles. The number of amides is 1. The minimum atomic E-state index is -0.780. The molecule has 5 nitrogen and oxygen atoms in total. The zero-order chi connectivity index (χ0) is 18.1. The van der Waals surface area contributed by atoms with Gasteiger partial charge in [0.15, 0.2) is 0 Å². The molecule has 1 aromatic rings. The van der Waals surface area contributed by atoms with E-state index < -0.39 is 5.60 Å². The molecule has 0 bridgehead atoms. The first-order valence-corrected chi connectivity index (χ1v) is 9.27. The summed E-state index contributed by atoms with van der Waals surface area (Å²) < 4.78 is 11.5. The van der Waals surface area contributed by atoms with Crippen molar-refractivity contribution in [2.24, 2.45) is 0 Å². The van der Waals surface area contributed by atoms with Gasteiger partial charge in [-0.15, -0.1) is 0 Å². The predicted molar refractivity (Wildman–Crippen MR) is 97.6 cm³/mol. The van der Waals surface area contributed by atoms with Crippen molar-refractivity contribution in [3.63, 3.8) is 0 Å². The van der Waals surface area contributed by atoms with Crippen molar-refractivity contribution in [1.82, 2.24) is 0 Å². The normalized spacial score (nSPS) is 16.5. The van der Waals surface area contributed by atoms with E-state index >= 15 is 0 Å². The number of carbonyl (C=O) groups is 1. The lowest BCUT2D eigenvalue weighted by Gasteiger charge is -2.31. The molecule has 0 unspecified atom stereocenters. The maximum Gasteiger partial charge on any atom is 0.256 e. The second kappa shape index (κ2) is 9.43. The van der Waals surface area contributed by atoms with E-state index in [0.29, 0.717) is 30.2 Å². The average Bonchev–Trinajstić information content (AvgIpc) is 2.88. The molecule has 1 fully saturated rings. The van der Waals surface area contributed by atoms with Crippen molar-refractivity contribution in [3.8, 4) is 11.8 Å². The van der Waals surface area contributed by atoms with Gasteiger partial charge in [0.1, 0.15) is 17.4 Å². The summed E-state index contributed by atoms with van der Waals surface area (Å²) in [5.41, 5.74) is 0.135. The van der Waals surface area contributed by atoms with Crippen LogP contribution in [0.3, 0.4) is 0 Å². The molecular formula is C20H28N2O3. The van der Waals surface area contributed by atoms with Gasteiger partial charge in [0, 0.05) is 6.61 Å². The van der Waals surface area contributed by atoms with E-state index in [1.807, 2.05) is 13.8 Å². The van der Waals surface area contributed by atoms with E-state index in [1.165, 1.54) is 0 Å². The third-order valence-electron chi connectivity index (χ3n) is 4.58. The van der Waals surface area contributed by atoms with Crippen LogP contribution < -0.4 is 10.1 Å². The summed E-state index contributed by atoms with van der Waals surface area (Å²) >= 11 is 0. The van der Waals surface area contributed by atoms with Crippen LogP contribution in [-0.4, -0.2) is 24.7 Å². The molecule has 2 rings (SSSR count). The van der Waals surface area contributed by atoms with Crippen molar-refractivity contribution in [3.05, 3.63) is 23.8 Å². The van der Waals surface area contributed by atoms with Gasteiger partial charge in [-0.2, -0.15) is 5.26 Å². The summed E-state index contributed by atoms with van der Waals surface area (Å²) in [6.07, 6.45) is 6.60. The molecule has 0 saturated heterocycles. The number of nitriles is 1. The van der Waals surface area contributed by atoms with E-state index in [-0.39, 0.29) is 5.91 Å². The molecule has 1 saturated carbocycles. The number of benzene rings is 1. The number of nitrogens with zero attached hydrogens (tertiary/aromatic N) is 1. The average molecular weight is 344 g/mol. The molecule has 1 N–H and O–H groups in total. The number of hydrogen-bond donors (Lipinski definition) is 1. The molecule has 0 aliphatic heterocycles. The largest absolute Gasteiger partial charge is 0.494 e. The molecule has 1 aromatic carbocycles. The van der Waals surface area contributed by atoms with Gasteiger partial charge in [0.2, 0.25) is 0 Å². The molecule has 0 atom stereocenters. The Morgan fingerprint density at radius 3 is 2.56 bits per heavy atom. The first-order chi connectivity index (χ1) is 12.1. The summed E-state index contributed by atoms with van der Waals surface area (Å²) in [6.45, 7) is 5.04. The number of nitrogens with one attached hydrogen (secondary N) is 1. The zero-order valence-corrected chi connectivity index (χ0v) is 15.3. The van der Waals surface area contributed by atoms with Crippen molar-refractivity contribution in [2.45, 2.75) is 64.4 Å². The highest BCUT2D eigenvalue weighted by molar-refractivity contribution is 5.98. The standard InChI is InChI=1S/C20H28N2O3/c1-3-13-25-20(11-7-5-6-8-12-20)19(23)22-18-10-9-17(24-4-2)14-16(18)15-21/h9-10,14H,3-8,11-13H2,1-2H3,(H,22,23). The second-order valence-electron chi connectivity index (χ2n) is 6.46. The highest BCUT2D eigenvalue weighted by Gasteiger charge is 2.39. The summed E-state index contributed by atoms with van der Waals surface area (Å²) in [4.78, 5) is 13.1. The third-order valence-corrected chi connectivity index (χ3v) is 4.58. The maximum atomic E-state index is 13.1. The molecule has 0 radical (unpaired) electrons.